The van der Waals surface area contributed by atoms with Crippen LogP contribution in [0.2, 0.25) is 0 Å². The molecule has 0 aromatic rings. The lowest BCUT2D eigenvalue weighted by Gasteiger charge is -2.35. The third kappa shape index (κ3) is 3.36. The molecule has 0 aliphatic carbocycles. The normalized spacial score (nSPS) is 34.5. The molecule has 0 saturated carbocycles. The van der Waals surface area contributed by atoms with Gasteiger partial charge in [0.15, 0.2) is 0 Å². The van der Waals surface area contributed by atoms with Gasteiger partial charge in [-0.1, -0.05) is 32.6 Å². The number of likely N-dealkylation sites (tertiary alicyclic amines) is 2. The summed E-state index contributed by atoms with van der Waals surface area (Å²) in [6.45, 7) is 26.1. The summed E-state index contributed by atoms with van der Waals surface area (Å²) < 4.78 is 0. The third-order valence-electron chi connectivity index (χ3n) is 5.44. The Kier molecular flexibility index (Phi) is 4.58. The summed E-state index contributed by atoms with van der Waals surface area (Å²) in [6, 6.07) is 0.503. The van der Waals surface area contributed by atoms with Crippen LogP contribution in [0, 0.1) is 17.8 Å². The maximum Gasteiger partial charge on any atom is 0.0497 e. The second kappa shape index (κ2) is 5.79. The van der Waals surface area contributed by atoms with Crippen molar-refractivity contribution in [2.75, 3.05) is 19.6 Å². The SMILES string of the molecule is C=C(C)C1CC(C)CN1C(=C)C1CN(C(C)(C)C)CC1C. The lowest BCUT2D eigenvalue weighted by atomic mass is 9.93. The Morgan fingerprint density at radius 3 is 2.14 bits per heavy atom. The molecule has 4 unspecified atom stereocenters. The van der Waals surface area contributed by atoms with Gasteiger partial charge in [-0.2, -0.15) is 0 Å². The summed E-state index contributed by atoms with van der Waals surface area (Å²) in [5.74, 6) is 2.04. The Morgan fingerprint density at radius 1 is 1.05 bits per heavy atom. The minimum atomic E-state index is 0.259. The highest BCUT2D eigenvalue weighted by Crippen LogP contribution is 2.38. The molecule has 2 aliphatic heterocycles. The standard InChI is InChI=1S/C19H34N2/c1-13(2)18-9-14(3)10-21(18)16(5)17-12-20(11-15(17)4)19(6,7)8/h14-15,17-18H,1,5,9-12H2,2-4,6-8H3. The van der Waals surface area contributed by atoms with E-state index in [1.165, 1.54) is 24.2 Å². The molecule has 0 aromatic heterocycles. The van der Waals surface area contributed by atoms with E-state index in [0.717, 1.165) is 19.0 Å². The van der Waals surface area contributed by atoms with Crippen LogP contribution in [0.25, 0.3) is 0 Å². The summed E-state index contributed by atoms with van der Waals surface area (Å²) in [4.78, 5) is 5.17. The highest BCUT2D eigenvalue weighted by molar-refractivity contribution is 5.17. The number of rotatable bonds is 3. The molecule has 120 valence electrons. The smallest absolute Gasteiger partial charge is 0.0497 e. The molecule has 2 saturated heterocycles. The first-order chi connectivity index (χ1) is 9.61. The van der Waals surface area contributed by atoms with Crippen LogP contribution in [-0.2, 0) is 0 Å². The Balaban J connectivity index is 2.11. The summed E-state index contributed by atoms with van der Waals surface area (Å²) in [6.07, 6.45) is 1.23. The van der Waals surface area contributed by atoms with Gasteiger partial charge in [-0.3, -0.25) is 4.90 Å². The van der Waals surface area contributed by atoms with E-state index in [9.17, 15) is 0 Å². The van der Waals surface area contributed by atoms with E-state index >= 15 is 0 Å². The molecule has 0 bridgehead atoms. The lowest BCUT2D eigenvalue weighted by Crippen LogP contribution is -2.40. The first kappa shape index (κ1) is 16.6. The highest BCUT2D eigenvalue weighted by Gasteiger charge is 2.40. The Hall–Kier alpha value is -0.760. The largest absolute Gasteiger partial charge is 0.368 e. The fourth-order valence-corrected chi connectivity index (χ4v) is 3.99. The predicted octanol–water partition coefficient (Wildman–Crippen LogP) is 4.15. The molecular formula is C19H34N2. The van der Waals surface area contributed by atoms with Crippen molar-refractivity contribution in [2.24, 2.45) is 17.8 Å². The van der Waals surface area contributed by atoms with Gasteiger partial charge < -0.3 is 4.90 Å². The first-order valence-corrected chi connectivity index (χ1v) is 8.47. The average Bonchev–Trinajstić information content (AvgIpc) is 2.91. The van der Waals surface area contributed by atoms with Crippen LogP contribution in [-0.4, -0.2) is 41.0 Å². The summed E-state index contributed by atoms with van der Waals surface area (Å²) in [7, 11) is 0. The van der Waals surface area contributed by atoms with Gasteiger partial charge in [0, 0.05) is 42.8 Å². The van der Waals surface area contributed by atoms with Gasteiger partial charge >= 0.3 is 0 Å². The summed E-state index contributed by atoms with van der Waals surface area (Å²) >= 11 is 0. The maximum absolute atomic E-state index is 4.51. The zero-order valence-corrected chi connectivity index (χ0v) is 14.9. The molecule has 0 radical (unpaired) electrons. The molecule has 2 rings (SSSR count). The average molecular weight is 290 g/mol. The Labute approximate surface area is 131 Å². The third-order valence-corrected chi connectivity index (χ3v) is 5.44. The van der Waals surface area contributed by atoms with Crippen LogP contribution < -0.4 is 0 Å². The zero-order valence-electron chi connectivity index (χ0n) is 14.9. The van der Waals surface area contributed by atoms with Crippen molar-refractivity contribution in [2.45, 2.75) is 59.5 Å². The van der Waals surface area contributed by atoms with Gasteiger partial charge in [0.1, 0.15) is 0 Å². The van der Waals surface area contributed by atoms with Crippen LogP contribution in [0.5, 0.6) is 0 Å². The molecule has 2 nitrogen and oxygen atoms in total. The van der Waals surface area contributed by atoms with Crippen LogP contribution >= 0.6 is 0 Å². The molecule has 0 spiro atoms. The van der Waals surface area contributed by atoms with Crippen LogP contribution in [0.3, 0.4) is 0 Å². The molecule has 2 aliphatic rings. The van der Waals surface area contributed by atoms with Crippen molar-refractivity contribution in [1.82, 2.24) is 9.80 Å². The molecule has 2 heterocycles. The summed E-state index contributed by atoms with van der Waals surface area (Å²) in [5, 5.41) is 0. The van der Waals surface area contributed by atoms with Crippen molar-refractivity contribution in [1.29, 1.82) is 0 Å². The van der Waals surface area contributed by atoms with Gasteiger partial charge in [0.05, 0.1) is 0 Å². The second-order valence-corrected chi connectivity index (χ2v) is 8.51. The minimum absolute atomic E-state index is 0.259. The van der Waals surface area contributed by atoms with Gasteiger partial charge in [-0.05, 0) is 46.0 Å². The van der Waals surface area contributed by atoms with Crippen molar-refractivity contribution in [3.05, 3.63) is 24.4 Å². The fraction of sp³-hybridized carbons (Fsp3) is 0.789. The Morgan fingerprint density at radius 2 is 1.67 bits per heavy atom. The van der Waals surface area contributed by atoms with Crippen LogP contribution in [0.1, 0.15) is 48.0 Å². The first-order valence-electron chi connectivity index (χ1n) is 8.47. The van der Waals surface area contributed by atoms with E-state index in [0.29, 0.717) is 17.9 Å². The molecule has 0 aromatic carbocycles. The van der Waals surface area contributed by atoms with E-state index in [1.54, 1.807) is 0 Å². The van der Waals surface area contributed by atoms with Crippen molar-refractivity contribution in [3.63, 3.8) is 0 Å². The van der Waals surface area contributed by atoms with E-state index in [4.69, 9.17) is 0 Å². The van der Waals surface area contributed by atoms with E-state index in [2.05, 4.69) is 64.5 Å². The number of hydrogen-bond acceptors (Lipinski definition) is 2. The predicted molar refractivity (Wildman–Crippen MR) is 92.2 cm³/mol. The maximum atomic E-state index is 4.51. The topological polar surface area (TPSA) is 6.48 Å². The van der Waals surface area contributed by atoms with E-state index in [-0.39, 0.29) is 5.54 Å². The molecule has 2 fully saturated rings. The van der Waals surface area contributed by atoms with Gasteiger partial charge in [-0.25, -0.2) is 0 Å². The van der Waals surface area contributed by atoms with Crippen molar-refractivity contribution >= 4 is 0 Å². The highest BCUT2D eigenvalue weighted by atomic mass is 15.2. The second-order valence-electron chi connectivity index (χ2n) is 8.51. The lowest BCUT2D eigenvalue weighted by molar-refractivity contribution is 0.165. The van der Waals surface area contributed by atoms with Crippen molar-refractivity contribution in [3.8, 4) is 0 Å². The van der Waals surface area contributed by atoms with Gasteiger partial charge in [0.2, 0.25) is 0 Å². The van der Waals surface area contributed by atoms with E-state index < -0.39 is 0 Å². The monoisotopic (exact) mass is 290 g/mol. The fourth-order valence-electron chi connectivity index (χ4n) is 3.99. The number of hydrogen-bond donors (Lipinski definition) is 0. The molecule has 2 heteroatoms. The molecular weight excluding hydrogens is 256 g/mol. The Bertz CT molecular complexity index is 418. The van der Waals surface area contributed by atoms with Gasteiger partial charge in [-0.15, -0.1) is 0 Å². The quantitative estimate of drug-likeness (QED) is 0.720. The molecule has 21 heavy (non-hydrogen) atoms. The molecule has 4 atom stereocenters. The van der Waals surface area contributed by atoms with Crippen LogP contribution in [0.4, 0.5) is 0 Å². The van der Waals surface area contributed by atoms with E-state index in [1.807, 2.05) is 0 Å². The molecule has 0 amide bonds. The van der Waals surface area contributed by atoms with Crippen LogP contribution in [0.15, 0.2) is 24.4 Å². The zero-order chi connectivity index (χ0) is 15.9. The summed E-state index contributed by atoms with van der Waals surface area (Å²) in [5.41, 5.74) is 2.90. The number of nitrogens with zero attached hydrogens (tertiary/aromatic N) is 2. The molecule has 0 N–H and O–H groups in total. The minimum Gasteiger partial charge on any atom is -0.368 e. The van der Waals surface area contributed by atoms with Crippen molar-refractivity contribution < 1.29 is 0 Å². The van der Waals surface area contributed by atoms with Gasteiger partial charge in [0.25, 0.3) is 0 Å².